The summed E-state index contributed by atoms with van der Waals surface area (Å²) in [7, 11) is 4.08. The number of likely N-dealkylation sites (N-methyl/N-ethyl adjacent to an activating group) is 1. The summed E-state index contributed by atoms with van der Waals surface area (Å²) in [4.78, 5) is 0. The Morgan fingerprint density at radius 1 is 1.58 bits per heavy atom. The van der Waals surface area contributed by atoms with E-state index in [0.717, 1.165) is 31.7 Å². The average molecular weight is 330 g/mol. The third kappa shape index (κ3) is 3.58. The largest absolute Gasteiger partial charge is 0.381 e. The van der Waals surface area contributed by atoms with Crippen molar-refractivity contribution in [2.75, 3.05) is 20.3 Å². The minimum Gasteiger partial charge on any atom is -0.381 e. The molecule has 1 aromatic heterocycles. The highest BCUT2D eigenvalue weighted by Gasteiger charge is 2.22. The Bertz CT molecular complexity index is 413. The summed E-state index contributed by atoms with van der Waals surface area (Å²) in [6, 6.07) is 0.489. The number of aryl methyl sites for hydroxylation is 2. The Hall–Kier alpha value is -0.390. The van der Waals surface area contributed by atoms with E-state index in [-0.39, 0.29) is 0 Å². The van der Waals surface area contributed by atoms with Crippen molar-refractivity contribution in [3.8, 4) is 0 Å². The summed E-state index contributed by atoms with van der Waals surface area (Å²) >= 11 is 3.70. The predicted octanol–water partition coefficient (Wildman–Crippen LogP) is 2.30. The molecule has 0 aliphatic carbocycles. The molecule has 1 aromatic rings. The lowest BCUT2D eigenvalue weighted by Gasteiger charge is -2.19. The van der Waals surface area contributed by atoms with E-state index in [1.165, 1.54) is 23.0 Å². The Balaban J connectivity index is 2.02. The Morgan fingerprint density at radius 2 is 2.37 bits per heavy atom. The lowest BCUT2D eigenvalue weighted by atomic mass is 9.96. The number of halogens is 1. The summed E-state index contributed by atoms with van der Waals surface area (Å²) in [5.74, 6) is 0.704. The number of aromatic nitrogens is 2. The zero-order valence-corrected chi connectivity index (χ0v) is 13.7. The molecule has 0 amide bonds. The number of nitrogens with one attached hydrogen (secondary N) is 1. The number of nitrogens with zero attached hydrogens (tertiary/aromatic N) is 2. The van der Waals surface area contributed by atoms with Gasteiger partial charge in [0.1, 0.15) is 0 Å². The van der Waals surface area contributed by atoms with E-state index in [4.69, 9.17) is 4.74 Å². The minimum atomic E-state index is 0.489. The SMILES string of the molecule is CCc1nn(C)c(CC(CC2CCOC2)NC)c1Br. The maximum absolute atomic E-state index is 5.47. The lowest BCUT2D eigenvalue weighted by Crippen LogP contribution is -2.31. The van der Waals surface area contributed by atoms with Crippen molar-refractivity contribution in [1.82, 2.24) is 15.1 Å². The Labute approximate surface area is 124 Å². The number of hydrogen-bond donors (Lipinski definition) is 1. The fourth-order valence-corrected chi connectivity index (χ4v) is 3.53. The smallest absolute Gasteiger partial charge is 0.0766 e. The Morgan fingerprint density at radius 3 is 2.89 bits per heavy atom. The van der Waals surface area contributed by atoms with Crippen LogP contribution in [-0.2, 0) is 24.6 Å². The van der Waals surface area contributed by atoms with E-state index in [2.05, 4.69) is 33.3 Å². The first kappa shape index (κ1) is 15.0. The molecule has 1 N–H and O–H groups in total. The van der Waals surface area contributed by atoms with Crippen molar-refractivity contribution < 1.29 is 4.74 Å². The van der Waals surface area contributed by atoms with E-state index in [0.29, 0.717) is 12.0 Å². The van der Waals surface area contributed by atoms with Gasteiger partial charge in [0.25, 0.3) is 0 Å². The summed E-state index contributed by atoms with van der Waals surface area (Å²) in [5.41, 5.74) is 2.44. The maximum atomic E-state index is 5.47. The lowest BCUT2D eigenvalue weighted by molar-refractivity contribution is 0.181. The highest BCUT2D eigenvalue weighted by atomic mass is 79.9. The molecule has 1 fully saturated rings. The standard InChI is InChI=1S/C14H24BrN3O/c1-4-12-14(15)13(18(3)17-12)8-11(16-2)7-10-5-6-19-9-10/h10-11,16H,4-9H2,1-3H3. The zero-order chi connectivity index (χ0) is 13.8. The molecular formula is C14H24BrN3O. The van der Waals surface area contributed by atoms with Crippen LogP contribution in [0.15, 0.2) is 4.47 Å². The second-order valence-electron chi connectivity index (χ2n) is 5.34. The molecule has 1 saturated heterocycles. The van der Waals surface area contributed by atoms with Gasteiger partial charge in [-0.3, -0.25) is 4.68 Å². The number of rotatable bonds is 6. The van der Waals surface area contributed by atoms with Crippen LogP contribution in [0.2, 0.25) is 0 Å². The summed E-state index contributed by atoms with van der Waals surface area (Å²) < 4.78 is 8.66. The van der Waals surface area contributed by atoms with Gasteiger partial charge in [0.2, 0.25) is 0 Å². The molecule has 1 aliphatic rings. The van der Waals surface area contributed by atoms with Gasteiger partial charge in [0.15, 0.2) is 0 Å². The van der Waals surface area contributed by atoms with Gasteiger partial charge >= 0.3 is 0 Å². The van der Waals surface area contributed by atoms with Crippen molar-refractivity contribution >= 4 is 15.9 Å². The maximum Gasteiger partial charge on any atom is 0.0766 e. The predicted molar refractivity (Wildman–Crippen MR) is 80.4 cm³/mol. The first-order valence-electron chi connectivity index (χ1n) is 7.10. The van der Waals surface area contributed by atoms with Crippen LogP contribution in [0.1, 0.15) is 31.2 Å². The molecule has 5 heteroatoms. The van der Waals surface area contributed by atoms with Gasteiger partial charge in [0.05, 0.1) is 15.9 Å². The molecule has 19 heavy (non-hydrogen) atoms. The zero-order valence-electron chi connectivity index (χ0n) is 12.1. The van der Waals surface area contributed by atoms with Gasteiger partial charge in [-0.1, -0.05) is 6.92 Å². The van der Waals surface area contributed by atoms with Crippen molar-refractivity contribution in [2.24, 2.45) is 13.0 Å². The van der Waals surface area contributed by atoms with Crippen LogP contribution in [0.4, 0.5) is 0 Å². The molecular weight excluding hydrogens is 306 g/mol. The van der Waals surface area contributed by atoms with Gasteiger partial charge in [0, 0.05) is 32.7 Å². The normalized spacial score (nSPS) is 20.9. The second kappa shape index (κ2) is 6.86. The van der Waals surface area contributed by atoms with Crippen molar-refractivity contribution in [2.45, 2.75) is 38.6 Å². The molecule has 1 aliphatic heterocycles. The summed E-state index contributed by atoms with van der Waals surface area (Å²) in [6.45, 7) is 3.99. The van der Waals surface area contributed by atoms with Gasteiger partial charge in [-0.25, -0.2) is 0 Å². The number of hydrogen-bond acceptors (Lipinski definition) is 3. The fourth-order valence-electron chi connectivity index (χ4n) is 2.75. The van der Waals surface area contributed by atoms with E-state index >= 15 is 0 Å². The molecule has 2 atom stereocenters. The number of ether oxygens (including phenoxy) is 1. The molecule has 2 heterocycles. The van der Waals surface area contributed by atoms with Gasteiger partial charge < -0.3 is 10.1 Å². The molecule has 2 unspecified atom stereocenters. The molecule has 0 saturated carbocycles. The van der Waals surface area contributed by atoms with Crippen LogP contribution in [0.5, 0.6) is 0 Å². The highest BCUT2D eigenvalue weighted by molar-refractivity contribution is 9.10. The first-order chi connectivity index (χ1) is 9.15. The monoisotopic (exact) mass is 329 g/mol. The van der Waals surface area contributed by atoms with Crippen LogP contribution < -0.4 is 5.32 Å². The quantitative estimate of drug-likeness (QED) is 0.870. The van der Waals surface area contributed by atoms with Crippen molar-refractivity contribution in [3.63, 3.8) is 0 Å². The molecule has 108 valence electrons. The Kier molecular flexibility index (Phi) is 5.42. The molecule has 0 bridgehead atoms. The van der Waals surface area contributed by atoms with E-state index in [1.54, 1.807) is 0 Å². The van der Waals surface area contributed by atoms with Crippen LogP contribution in [0.3, 0.4) is 0 Å². The fraction of sp³-hybridized carbons (Fsp3) is 0.786. The average Bonchev–Trinajstić information content (AvgIpc) is 3.00. The van der Waals surface area contributed by atoms with E-state index in [9.17, 15) is 0 Å². The summed E-state index contributed by atoms with van der Waals surface area (Å²) in [5, 5.41) is 8.01. The molecule has 4 nitrogen and oxygen atoms in total. The van der Waals surface area contributed by atoms with Crippen molar-refractivity contribution in [3.05, 3.63) is 15.9 Å². The summed E-state index contributed by atoms with van der Waals surface area (Å²) in [6.07, 6.45) is 4.35. The van der Waals surface area contributed by atoms with Crippen molar-refractivity contribution in [1.29, 1.82) is 0 Å². The first-order valence-corrected chi connectivity index (χ1v) is 7.90. The third-order valence-corrected chi connectivity index (χ3v) is 4.91. The second-order valence-corrected chi connectivity index (χ2v) is 6.13. The molecule has 0 spiro atoms. The van der Waals surface area contributed by atoms with Crippen LogP contribution in [0.25, 0.3) is 0 Å². The van der Waals surface area contributed by atoms with Gasteiger partial charge in [-0.05, 0) is 48.2 Å². The van der Waals surface area contributed by atoms with E-state index < -0.39 is 0 Å². The van der Waals surface area contributed by atoms with Gasteiger partial charge in [-0.15, -0.1) is 0 Å². The highest BCUT2D eigenvalue weighted by Crippen LogP contribution is 2.25. The van der Waals surface area contributed by atoms with Crippen LogP contribution in [-0.4, -0.2) is 36.1 Å². The molecule has 0 radical (unpaired) electrons. The molecule has 2 rings (SSSR count). The topological polar surface area (TPSA) is 39.1 Å². The van der Waals surface area contributed by atoms with Crippen LogP contribution in [0, 0.1) is 5.92 Å². The third-order valence-electron chi connectivity index (χ3n) is 3.99. The van der Waals surface area contributed by atoms with Gasteiger partial charge in [-0.2, -0.15) is 5.10 Å². The van der Waals surface area contributed by atoms with Crippen LogP contribution >= 0.6 is 15.9 Å². The van der Waals surface area contributed by atoms with E-state index in [1.807, 2.05) is 18.8 Å². The molecule has 0 aromatic carbocycles. The minimum absolute atomic E-state index is 0.489.